The lowest BCUT2D eigenvalue weighted by molar-refractivity contribution is -0.127. The highest BCUT2D eigenvalue weighted by Crippen LogP contribution is 2.25. The predicted molar refractivity (Wildman–Crippen MR) is 118 cm³/mol. The maximum absolute atomic E-state index is 12.5. The number of nitrogens with zero attached hydrogens (tertiary/aromatic N) is 1. The molecule has 0 saturated carbocycles. The summed E-state index contributed by atoms with van der Waals surface area (Å²) < 4.78 is 6.72. The molecule has 1 saturated heterocycles. The van der Waals surface area contributed by atoms with E-state index in [2.05, 4.69) is 57.3 Å². The van der Waals surface area contributed by atoms with Gasteiger partial charge >= 0.3 is 0 Å². The molecule has 1 aliphatic rings. The first-order chi connectivity index (χ1) is 13.4. The molecular formula is C23H29BrN2O2. The van der Waals surface area contributed by atoms with Crippen LogP contribution in [0.5, 0.6) is 5.75 Å². The Balaban J connectivity index is 1.53. The number of anilines is 1. The molecule has 1 N–H and O–H groups in total. The van der Waals surface area contributed by atoms with E-state index in [-0.39, 0.29) is 11.9 Å². The van der Waals surface area contributed by atoms with E-state index in [4.69, 9.17) is 4.74 Å². The number of halogens is 1. The van der Waals surface area contributed by atoms with Crippen molar-refractivity contribution in [2.24, 2.45) is 5.92 Å². The van der Waals surface area contributed by atoms with Gasteiger partial charge in [0.15, 0.2) is 6.10 Å². The number of rotatable bonds is 6. The molecule has 2 unspecified atom stereocenters. The second-order valence-corrected chi connectivity index (χ2v) is 8.62. The smallest absolute Gasteiger partial charge is 0.261 e. The van der Waals surface area contributed by atoms with Crippen LogP contribution in [-0.2, 0) is 4.79 Å². The Bertz CT molecular complexity index is 768. The largest absolute Gasteiger partial charge is 0.481 e. The molecular weight excluding hydrogens is 416 g/mol. The molecule has 2 atom stereocenters. The van der Waals surface area contributed by atoms with Crippen molar-refractivity contribution in [1.29, 1.82) is 0 Å². The second-order valence-electron chi connectivity index (χ2n) is 7.71. The van der Waals surface area contributed by atoms with E-state index in [0.29, 0.717) is 5.75 Å². The van der Waals surface area contributed by atoms with Gasteiger partial charge in [0.25, 0.3) is 5.91 Å². The Hall–Kier alpha value is -2.01. The normalized spacial score (nSPS) is 17.1. The molecule has 3 rings (SSSR count). The summed E-state index contributed by atoms with van der Waals surface area (Å²) in [6, 6.07) is 16.0. The number of carbonyl (C=O) groups is 1. The van der Waals surface area contributed by atoms with Crippen molar-refractivity contribution in [2.75, 3.05) is 18.0 Å². The summed E-state index contributed by atoms with van der Waals surface area (Å²) in [5.74, 6) is 1.38. The lowest BCUT2D eigenvalue weighted by atomic mass is 9.98. The summed E-state index contributed by atoms with van der Waals surface area (Å²) in [5.41, 5.74) is 2.36. The first kappa shape index (κ1) is 20.7. The maximum atomic E-state index is 12.5. The zero-order chi connectivity index (χ0) is 20.1. The van der Waals surface area contributed by atoms with Crippen LogP contribution in [0, 0.1) is 5.92 Å². The van der Waals surface area contributed by atoms with Gasteiger partial charge in [-0.2, -0.15) is 0 Å². The third kappa shape index (κ3) is 5.51. The van der Waals surface area contributed by atoms with Gasteiger partial charge in [-0.15, -0.1) is 0 Å². The van der Waals surface area contributed by atoms with Crippen molar-refractivity contribution in [2.45, 2.75) is 45.8 Å². The molecule has 2 aromatic carbocycles. The standard InChI is InChI=1S/C23H29BrN2O2/c1-16-12-14-26(15-13-16)21-8-4-19(5-9-21)17(2)25-23(27)18(3)28-22-10-6-20(24)7-11-22/h4-11,16-18H,12-15H2,1-3H3,(H,25,27). The molecule has 1 aliphatic heterocycles. The van der Waals surface area contributed by atoms with Crippen molar-refractivity contribution < 1.29 is 9.53 Å². The fourth-order valence-electron chi connectivity index (χ4n) is 3.43. The Morgan fingerprint density at radius 3 is 2.29 bits per heavy atom. The molecule has 1 heterocycles. The van der Waals surface area contributed by atoms with Gasteiger partial charge in [0.2, 0.25) is 0 Å². The van der Waals surface area contributed by atoms with Crippen LogP contribution in [0.4, 0.5) is 5.69 Å². The van der Waals surface area contributed by atoms with Crippen LogP contribution in [0.1, 0.15) is 45.2 Å². The molecule has 0 aromatic heterocycles. The average Bonchev–Trinajstić information content (AvgIpc) is 2.70. The third-order valence-corrected chi connectivity index (χ3v) is 5.93. The summed E-state index contributed by atoms with van der Waals surface area (Å²) in [6.07, 6.45) is 1.95. The number of hydrogen-bond acceptors (Lipinski definition) is 3. The van der Waals surface area contributed by atoms with Crippen molar-refractivity contribution >= 4 is 27.5 Å². The van der Waals surface area contributed by atoms with Crippen molar-refractivity contribution in [1.82, 2.24) is 5.32 Å². The minimum Gasteiger partial charge on any atom is -0.481 e. The average molecular weight is 445 g/mol. The van der Waals surface area contributed by atoms with Crippen LogP contribution in [0.3, 0.4) is 0 Å². The van der Waals surface area contributed by atoms with Crippen LogP contribution >= 0.6 is 15.9 Å². The minimum absolute atomic E-state index is 0.0705. The summed E-state index contributed by atoms with van der Waals surface area (Å²) >= 11 is 3.39. The van der Waals surface area contributed by atoms with Gasteiger partial charge in [-0.1, -0.05) is 35.0 Å². The number of benzene rings is 2. The Kier molecular flexibility index (Phi) is 7.00. The summed E-state index contributed by atoms with van der Waals surface area (Å²) in [4.78, 5) is 14.9. The van der Waals surface area contributed by atoms with E-state index >= 15 is 0 Å². The first-order valence-electron chi connectivity index (χ1n) is 10.00. The monoisotopic (exact) mass is 444 g/mol. The molecule has 2 aromatic rings. The van der Waals surface area contributed by atoms with E-state index in [1.165, 1.54) is 18.5 Å². The van der Waals surface area contributed by atoms with Gasteiger partial charge in [-0.05, 0) is 74.6 Å². The zero-order valence-electron chi connectivity index (χ0n) is 16.8. The highest BCUT2D eigenvalue weighted by Gasteiger charge is 2.19. The highest BCUT2D eigenvalue weighted by molar-refractivity contribution is 9.10. The summed E-state index contributed by atoms with van der Waals surface area (Å²) in [5, 5.41) is 3.05. The maximum Gasteiger partial charge on any atom is 0.261 e. The molecule has 1 amide bonds. The number of hydrogen-bond donors (Lipinski definition) is 1. The van der Waals surface area contributed by atoms with Crippen LogP contribution in [-0.4, -0.2) is 25.1 Å². The molecule has 0 aliphatic carbocycles. The van der Waals surface area contributed by atoms with Gasteiger partial charge in [-0.3, -0.25) is 4.79 Å². The molecule has 0 bridgehead atoms. The fourth-order valence-corrected chi connectivity index (χ4v) is 3.69. The minimum atomic E-state index is -0.557. The van der Waals surface area contributed by atoms with Crippen LogP contribution < -0.4 is 15.0 Å². The van der Waals surface area contributed by atoms with Crippen molar-refractivity contribution in [3.8, 4) is 5.75 Å². The van der Waals surface area contributed by atoms with E-state index < -0.39 is 6.10 Å². The Morgan fingerprint density at radius 1 is 1.07 bits per heavy atom. The number of carbonyl (C=O) groups excluding carboxylic acids is 1. The van der Waals surface area contributed by atoms with Crippen LogP contribution in [0.2, 0.25) is 0 Å². The van der Waals surface area contributed by atoms with Crippen LogP contribution in [0.15, 0.2) is 53.0 Å². The number of piperidine rings is 1. The van der Waals surface area contributed by atoms with Gasteiger partial charge < -0.3 is 15.0 Å². The topological polar surface area (TPSA) is 41.6 Å². The van der Waals surface area contributed by atoms with Crippen LogP contribution in [0.25, 0.3) is 0 Å². The first-order valence-corrected chi connectivity index (χ1v) is 10.8. The highest BCUT2D eigenvalue weighted by atomic mass is 79.9. The quantitative estimate of drug-likeness (QED) is 0.654. The molecule has 28 heavy (non-hydrogen) atoms. The van der Waals surface area contributed by atoms with E-state index in [1.54, 1.807) is 6.92 Å². The molecule has 0 radical (unpaired) electrons. The predicted octanol–water partition coefficient (Wildman–Crippen LogP) is 5.33. The van der Waals surface area contributed by atoms with E-state index in [0.717, 1.165) is 29.0 Å². The van der Waals surface area contributed by atoms with Gasteiger partial charge in [0.1, 0.15) is 5.75 Å². The number of nitrogens with one attached hydrogen (secondary N) is 1. The molecule has 150 valence electrons. The third-order valence-electron chi connectivity index (χ3n) is 5.40. The molecule has 1 fully saturated rings. The van der Waals surface area contributed by atoms with Gasteiger partial charge in [-0.25, -0.2) is 0 Å². The van der Waals surface area contributed by atoms with Gasteiger partial charge in [0, 0.05) is 23.2 Å². The second kappa shape index (κ2) is 9.46. The van der Waals surface area contributed by atoms with Gasteiger partial charge in [0.05, 0.1) is 6.04 Å². The van der Waals surface area contributed by atoms with Crippen molar-refractivity contribution in [3.63, 3.8) is 0 Å². The zero-order valence-corrected chi connectivity index (χ0v) is 18.4. The summed E-state index contributed by atoms with van der Waals surface area (Å²) in [7, 11) is 0. The SMILES string of the molecule is CC1CCN(c2ccc(C(C)NC(=O)C(C)Oc3ccc(Br)cc3)cc2)CC1. The molecule has 4 nitrogen and oxygen atoms in total. The Labute approximate surface area is 176 Å². The number of amides is 1. The summed E-state index contributed by atoms with van der Waals surface area (Å²) in [6.45, 7) is 8.34. The number of ether oxygens (including phenoxy) is 1. The molecule has 0 spiro atoms. The fraction of sp³-hybridized carbons (Fsp3) is 0.435. The molecule has 5 heteroatoms. The van der Waals surface area contributed by atoms with E-state index in [1.807, 2.05) is 31.2 Å². The Morgan fingerprint density at radius 2 is 1.68 bits per heavy atom. The van der Waals surface area contributed by atoms with Crippen molar-refractivity contribution in [3.05, 3.63) is 58.6 Å². The lowest BCUT2D eigenvalue weighted by Crippen LogP contribution is -2.37. The van der Waals surface area contributed by atoms with E-state index in [9.17, 15) is 4.79 Å². The lowest BCUT2D eigenvalue weighted by Gasteiger charge is -2.32.